The van der Waals surface area contributed by atoms with Gasteiger partial charge in [0.05, 0.1) is 23.3 Å². The van der Waals surface area contributed by atoms with Crippen LogP contribution in [0.4, 0.5) is 5.69 Å². The largest absolute Gasteiger partial charge is 0.383 e. The Labute approximate surface area is 179 Å². The third kappa shape index (κ3) is 3.51. The molecule has 1 aliphatic carbocycles. The summed E-state index contributed by atoms with van der Waals surface area (Å²) in [5.41, 5.74) is 4.18. The number of anilines is 1. The Hall–Kier alpha value is -4.12. The molecule has 0 saturated heterocycles. The first kappa shape index (κ1) is 18.9. The average molecular weight is 405 g/mol. The number of aromatic nitrogens is 1. The van der Waals surface area contributed by atoms with Gasteiger partial charge in [-0.05, 0) is 18.2 Å². The van der Waals surface area contributed by atoms with Crippen LogP contribution in [0.3, 0.4) is 0 Å². The molecule has 3 aromatic carbocycles. The van der Waals surface area contributed by atoms with Crippen LogP contribution in [0.1, 0.15) is 37.5 Å². The highest BCUT2D eigenvalue weighted by atomic mass is 16.1. The molecule has 1 aliphatic rings. The molecule has 0 fully saturated rings. The molecule has 0 spiro atoms. The monoisotopic (exact) mass is 405 g/mol. The van der Waals surface area contributed by atoms with Gasteiger partial charge < -0.3 is 5.32 Å². The zero-order chi connectivity index (χ0) is 21.2. The van der Waals surface area contributed by atoms with Gasteiger partial charge in [-0.2, -0.15) is 0 Å². The van der Waals surface area contributed by atoms with Gasteiger partial charge in [-0.3, -0.25) is 14.6 Å². The summed E-state index contributed by atoms with van der Waals surface area (Å²) in [5, 5.41) is 4.36. The quantitative estimate of drug-likeness (QED) is 0.344. The van der Waals surface area contributed by atoms with E-state index in [9.17, 15) is 9.59 Å². The molecular formula is C26H19N3O2. The molecule has 0 amide bonds. The first-order valence-electron chi connectivity index (χ1n) is 10.1. The number of para-hydroxylation sites is 1. The number of pyridine rings is 1. The van der Waals surface area contributed by atoms with E-state index in [1.807, 2.05) is 42.5 Å². The Morgan fingerprint density at radius 1 is 0.774 bits per heavy atom. The summed E-state index contributed by atoms with van der Waals surface area (Å²) in [7, 11) is 0. The van der Waals surface area contributed by atoms with E-state index in [1.54, 1.807) is 42.6 Å². The number of ketones is 2. The number of carbonyl (C=O) groups excluding carboxylic acids is 2. The predicted octanol–water partition coefficient (Wildman–Crippen LogP) is 4.54. The molecule has 5 nitrogen and oxygen atoms in total. The first-order valence-corrected chi connectivity index (χ1v) is 10.1. The highest BCUT2D eigenvalue weighted by Gasteiger charge is 2.31. The van der Waals surface area contributed by atoms with Gasteiger partial charge in [0.1, 0.15) is 0 Å². The predicted molar refractivity (Wildman–Crippen MR) is 122 cm³/mol. The topological polar surface area (TPSA) is 71.4 Å². The molecule has 31 heavy (non-hydrogen) atoms. The van der Waals surface area contributed by atoms with Crippen LogP contribution in [0, 0.1) is 0 Å². The minimum absolute atomic E-state index is 0.116. The standard InChI is InChI=1S/C26H19N3O2/c30-25-19-7-2-3-8-20(19)26(31)24-21(25)9-5-11-23(24)28-15-14-27-16-18-13-12-17-6-1-4-10-22(17)29-18/h1-13,16,28H,14-15H2. The van der Waals surface area contributed by atoms with Crippen molar-refractivity contribution in [2.45, 2.75) is 0 Å². The maximum atomic E-state index is 13.0. The zero-order valence-corrected chi connectivity index (χ0v) is 16.7. The number of nitrogens with zero attached hydrogens (tertiary/aromatic N) is 2. The second-order valence-electron chi connectivity index (χ2n) is 7.32. The molecule has 1 N–H and O–H groups in total. The van der Waals surface area contributed by atoms with Crippen molar-refractivity contribution in [3.05, 3.63) is 107 Å². The van der Waals surface area contributed by atoms with Crippen molar-refractivity contribution in [3.8, 4) is 0 Å². The fourth-order valence-electron chi connectivity index (χ4n) is 3.86. The summed E-state index contributed by atoms with van der Waals surface area (Å²) < 4.78 is 0. The number of hydrogen-bond donors (Lipinski definition) is 1. The van der Waals surface area contributed by atoms with Crippen LogP contribution in [0.5, 0.6) is 0 Å². The van der Waals surface area contributed by atoms with E-state index in [-0.39, 0.29) is 11.6 Å². The van der Waals surface area contributed by atoms with Gasteiger partial charge in [-0.15, -0.1) is 0 Å². The maximum absolute atomic E-state index is 13.0. The van der Waals surface area contributed by atoms with Crippen LogP contribution < -0.4 is 5.32 Å². The Morgan fingerprint density at radius 2 is 1.52 bits per heavy atom. The lowest BCUT2D eigenvalue weighted by atomic mass is 9.83. The Morgan fingerprint density at radius 3 is 2.39 bits per heavy atom. The normalized spacial score (nSPS) is 12.8. The number of rotatable bonds is 5. The molecule has 150 valence electrons. The lowest BCUT2D eigenvalue weighted by Crippen LogP contribution is -2.22. The Balaban J connectivity index is 1.30. The molecule has 0 aliphatic heterocycles. The number of nitrogens with one attached hydrogen (secondary N) is 1. The summed E-state index contributed by atoms with van der Waals surface area (Å²) in [4.78, 5) is 34.9. The van der Waals surface area contributed by atoms with Gasteiger partial charge in [0.15, 0.2) is 11.6 Å². The third-order valence-electron chi connectivity index (χ3n) is 5.35. The van der Waals surface area contributed by atoms with Crippen LogP contribution in [0.15, 0.2) is 83.9 Å². The van der Waals surface area contributed by atoms with Crippen LogP contribution in [0.25, 0.3) is 10.9 Å². The zero-order valence-electron chi connectivity index (χ0n) is 16.7. The number of carbonyl (C=O) groups is 2. The van der Waals surface area contributed by atoms with E-state index in [1.165, 1.54) is 0 Å². The highest BCUT2D eigenvalue weighted by Crippen LogP contribution is 2.31. The lowest BCUT2D eigenvalue weighted by Gasteiger charge is -2.20. The fourth-order valence-corrected chi connectivity index (χ4v) is 3.86. The van der Waals surface area contributed by atoms with E-state index < -0.39 is 0 Å². The SMILES string of the molecule is O=C1c2ccccc2C(=O)c2c(NCCN=Cc3ccc4ccccc4n3)cccc21. The lowest BCUT2D eigenvalue weighted by molar-refractivity contribution is 0.0979. The van der Waals surface area contributed by atoms with E-state index in [4.69, 9.17) is 0 Å². The molecule has 1 heterocycles. The van der Waals surface area contributed by atoms with Crippen molar-refractivity contribution in [1.29, 1.82) is 0 Å². The van der Waals surface area contributed by atoms with Gasteiger partial charge >= 0.3 is 0 Å². The maximum Gasteiger partial charge on any atom is 0.196 e. The van der Waals surface area contributed by atoms with Crippen LogP contribution in [-0.2, 0) is 0 Å². The summed E-state index contributed by atoms with van der Waals surface area (Å²) in [6.45, 7) is 1.04. The van der Waals surface area contributed by atoms with Crippen molar-refractivity contribution in [2.24, 2.45) is 4.99 Å². The van der Waals surface area contributed by atoms with Gasteiger partial charge in [0.25, 0.3) is 0 Å². The van der Waals surface area contributed by atoms with Crippen molar-refractivity contribution < 1.29 is 9.59 Å². The molecule has 1 aromatic heterocycles. The minimum atomic E-state index is -0.128. The molecule has 0 unspecified atom stereocenters. The number of benzene rings is 3. The third-order valence-corrected chi connectivity index (χ3v) is 5.35. The van der Waals surface area contributed by atoms with E-state index in [2.05, 4.69) is 15.3 Å². The molecule has 0 radical (unpaired) electrons. The van der Waals surface area contributed by atoms with Gasteiger partial charge in [0, 0.05) is 40.5 Å². The van der Waals surface area contributed by atoms with E-state index in [0.717, 1.165) is 16.6 Å². The summed E-state index contributed by atoms with van der Waals surface area (Å²) in [5.74, 6) is -0.244. The average Bonchev–Trinajstić information content (AvgIpc) is 2.82. The van der Waals surface area contributed by atoms with Crippen molar-refractivity contribution in [1.82, 2.24) is 4.98 Å². The number of fused-ring (bicyclic) bond motifs is 3. The van der Waals surface area contributed by atoms with E-state index >= 15 is 0 Å². The molecule has 4 aromatic rings. The van der Waals surface area contributed by atoms with Crippen LogP contribution >= 0.6 is 0 Å². The van der Waals surface area contributed by atoms with Gasteiger partial charge in [-0.25, -0.2) is 4.98 Å². The minimum Gasteiger partial charge on any atom is -0.383 e. The second kappa shape index (κ2) is 7.95. The number of hydrogen-bond acceptors (Lipinski definition) is 5. The van der Waals surface area contributed by atoms with E-state index in [0.29, 0.717) is 41.0 Å². The molecule has 5 heteroatoms. The second-order valence-corrected chi connectivity index (χ2v) is 7.32. The molecule has 0 atom stereocenters. The van der Waals surface area contributed by atoms with Gasteiger partial charge in [0.2, 0.25) is 0 Å². The summed E-state index contributed by atoms with van der Waals surface area (Å²) in [6, 6.07) is 24.2. The molecular weight excluding hydrogens is 386 g/mol. The van der Waals surface area contributed by atoms with Gasteiger partial charge in [-0.1, -0.05) is 60.7 Å². The highest BCUT2D eigenvalue weighted by molar-refractivity contribution is 6.30. The Kier molecular flexibility index (Phi) is 4.84. The summed E-state index contributed by atoms with van der Waals surface area (Å²) in [6.07, 6.45) is 1.75. The van der Waals surface area contributed by atoms with Crippen LogP contribution in [-0.4, -0.2) is 35.9 Å². The molecule has 0 bridgehead atoms. The number of aliphatic imine (C=N–C) groups is 1. The Bertz CT molecular complexity index is 1360. The molecule has 5 rings (SSSR count). The fraction of sp³-hybridized carbons (Fsp3) is 0.0769. The van der Waals surface area contributed by atoms with Crippen LogP contribution in [0.2, 0.25) is 0 Å². The van der Waals surface area contributed by atoms with Crippen molar-refractivity contribution in [2.75, 3.05) is 18.4 Å². The smallest absolute Gasteiger partial charge is 0.196 e. The first-order chi connectivity index (χ1) is 15.2. The molecule has 0 saturated carbocycles. The summed E-state index contributed by atoms with van der Waals surface area (Å²) >= 11 is 0. The van der Waals surface area contributed by atoms with Crippen molar-refractivity contribution >= 4 is 34.4 Å². The van der Waals surface area contributed by atoms with Crippen molar-refractivity contribution in [3.63, 3.8) is 0 Å².